The van der Waals surface area contributed by atoms with E-state index in [2.05, 4.69) is 9.97 Å². The Morgan fingerprint density at radius 2 is 1.87 bits per heavy atom. The quantitative estimate of drug-likeness (QED) is 0.110. The summed E-state index contributed by atoms with van der Waals surface area (Å²) < 4.78 is 21.0. The summed E-state index contributed by atoms with van der Waals surface area (Å²) in [4.78, 5) is 63.1. The van der Waals surface area contributed by atoms with Crippen LogP contribution in [0.15, 0.2) is 109 Å². The highest BCUT2D eigenvalue weighted by Gasteiger charge is 2.35. The first-order valence-corrected chi connectivity index (χ1v) is 15.8. The Morgan fingerprint density at radius 3 is 2.55 bits per heavy atom. The van der Waals surface area contributed by atoms with Gasteiger partial charge in [0.25, 0.3) is 16.8 Å². The maximum absolute atomic E-state index is 14.1. The summed E-state index contributed by atoms with van der Waals surface area (Å²) in [7, 11) is 0. The lowest BCUT2D eigenvalue weighted by Crippen LogP contribution is -2.40. The number of H-pyrrole nitrogens is 1. The molecule has 1 aliphatic heterocycles. The molecule has 0 amide bonds. The van der Waals surface area contributed by atoms with Crippen LogP contribution in [0.3, 0.4) is 0 Å². The van der Waals surface area contributed by atoms with Crippen LogP contribution in [-0.4, -0.2) is 32.0 Å². The predicted molar refractivity (Wildman–Crippen MR) is 174 cm³/mol. The van der Waals surface area contributed by atoms with E-state index in [0.29, 0.717) is 28.1 Å². The molecule has 1 aliphatic rings. The highest BCUT2D eigenvalue weighted by molar-refractivity contribution is 7.99. The molecule has 6 rings (SSSR count). The number of hydrogen-bond acceptors (Lipinski definition) is 10. The molecule has 0 spiro atoms. The van der Waals surface area contributed by atoms with Crippen molar-refractivity contribution >= 4 is 46.5 Å². The number of nitrogens with one attached hydrogen (secondary N) is 1. The lowest BCUT2D eigenvalue weighted by Gasteiger charge is -2.25. The van der Waals surface area contributed by atoms with Crippen molar-refractivity contribution in [3.8, 4) is 0 Å². The van der Waals surface area contributed by atoms with Crippen molar-refractivity contribution in [3.63, 3.8) is 0 Å². The van der Waals surface area contributed by atoms with E-state index in [1.54, 1.807) is 44.2 Å². The van der Waals surface area contributed by atoms with Crippen LogP contribution < -0.4 is 20.5 Å². The maximum atomic E-state index is 14.1. The standard InChI is InChI=1S/C33H24FN5O6S2/c1-3-45-31(42)27-28(20-7-5-4-6-8-20)37-33-38(29(27)21-10-12-22(34)13-11-21)30(41)25(47-33)17-19-9-14-24(23(16-19)39(43)44)46-32-35-18(2)15-26(40)36-32/h4-17,29H,3H2,1-2H3,(H,35,36,40)/b25-17+/t29-/m0/s1. The highest BCUT2D eigenvalue weighted by atomic mass is 32.2. The van der Waals surface area contributed by atoms with Crippen molar-refractivity contribution in [1.82, 2.24) is 14.5 Å². The number of nitrogens with zero attached hydrogens (tertiary/aromatic N) is 4. The average Bonchev–Trinajstić information content (AvgIpc) is 3.35. The van der Waals surface area contributed by atoms with Gasteiger partial charge in [-0.2, -0.15) is 0 Å². The Hall–Kier alpha value is -5.47. The fraction of sp³-hybridized carbons (Fsp3) is 0.121. The minimum Gasteiger partial charge on any atom is -0.463 e. The second-order valence-electron chi connectivity index (χ2n) is 10.3. The monoisotopic (exact) mass is 669 g/mol. The first kappa shape index (κ1) is 31.5. The summed E-state index contributed by atoms with van der Waals surface area (Å²) >= 11 is 1.99. The van der Waals surface area contributed by atoms with E-state index in [1.165, 1.54) is 53.1 Å². The Morgan fingerprint density at radius 1 is 1.13 bits per heavy atom. The van der Waals surface area contributed by atoms with Crippen molar-refractivity contribution in [1.29, 1.82) is 0 Å². The van der Waals surface area contributed by atoms with Crippen LogP contribution in [0.25, 0.3) is 11.8 Å². The number of nitro benzene ring substituents is 1. The summed E-state index contributed by atoms with van der Waals surface area (Å²) in [5.74, 6) is -1.16. The normalized spacial score (nSPS) is 14.4. The number of thiazole rings is 1. The van der Waals surface area contributed by atoms with Gasteiger partial charge in [-0.05, 0) is 61.0 Å². The predicted octanol–water partition coefficient (Wildman–Crippen LogP) is 4.53. The van der Waals surface area contributed by atoms with Crippen molar-refractivity contribution in [2.75, 3.05) is 6.61 Å². The summed E-state index contributed by atoms with van der Waals surface area (Å²) in [5.41, 5.74) is 1.21. The third-order valence-corrected chi connectivity index (χ3v) is 9.03. The fourth-order valence-electron chi connectivity index (χ4n) is 5.11. The minimum atomic E-state index is -1.000. The maximum Gasteiger partial charge on any atom is 0.338 e. The van der Waals surface area contributed by atoms with E-state index < -0.39 is 28.3 Å². The summed E-state index contributed by atoms with van der Waals surface area (Å²) in [5, 5.41) is 12.3. The van der Waals surface area contributed by atoms with E-state index in [0.717, 1.165) is 23.1 Å². The molecule has 0 fully saturated rings. The van der Waals surface area contributed by atoms with Gasteiger partial charge in [0.1, 0.15) is 5.82 Å². The van der Waals surface area contributed by atoms with Crippen molar-refractivity contribution in [3.05, 3.63) is 153 Å². The first-order chi connectivity index (χ1) is 22.6. The molecule has 0 saturated heterocycles. The SMILES string of the molecule is CCOC(=O)C1=C(c2ccccc2)N=c2s/c(=C/c3ccc(Sc4nc(C)cc(=O)[nH]4)c([N+](=O)[O-])c3)c(=O)n2[C@H]1c1ccc(F)cc1. The number of aromatic amines is 1. The van der Waals surface area contributed by atoms with E-state index in [1.807, 2.05) is 6.07 Å². The third-order valence-electron chi connectivity index (χ3n) is 7.09. The summed E-state index contributed by atoms with van der Waals surface area (Å²) in [6.07, 6.45) is 1.51. The first-order valence-electron chi connectivity index (χ1n) is 14.2. The zero-order chi connectivity index (χ0) is 33.2. The van der Waals surface area contributed by atoms with Gasteiger partial charge in [-0.1, -0.05) is 59.9 Å². The number of benzene rings is 3. The Bertz CT molecular complexity index is 2310. The molecule has 0 aliphatic carbocycles. The second-order valence-corrected chi connectivity index (χ2v) is 12.3. The fourth-order valence-corrected chi connectivity index (χ4v) is 7.03. The molecule has 14 heteroatoms. The summed E-state index contributed by atoms with van der Waals surface area (Å²) in [6, 6.07) is 19.2. The zero-order valence-corrected chi connectivity index (χ0v) is 26.4. The molecule has 1 N–H and O–H groups in total. The minimum absolute atomic E-state index is 0.0774. The Balaban J connectivity index is 1.53. The van der Waals surface area contributed by atoms with Gasteiger partial charge in [0.2, 0.25) is 0 Å². The molecule has 47 heavy (non-hydrogen) atoms. The molecule has 2 aromatic heterocycles. The molecule has 1 atom stereocenters. The molecular formula is C33H24FN5O6S2. The van der Waals surface area contributed by atoms with Crippen molar-refractivity contribution in [2.45, 2.75) is 29.9 Å². The molecule has 0 bridgehead atoms. The van der Waals surface area contributed by atoms with Gasteiger partial charge in [-0.25, -0.2) is 19.2 Å². The van der Waals surface area contributed by atoms with E-state index >= 15 is 0 Å². The smallest absolute Gasteiger partial charge is 0.338 e. The average molecular weight is 670 g/mol. The molecule has 11 nitrogen and oxygen atoms in total. The van der Waals surface area contributed by atoms with Crippen LogP contribution in [0.1, 0.15) is 35.3 Å². The number of carbonyl (C=O) groups excluding carboxylic acids is 1. The van der Waals surface area contributed by atoms with E-state index in [-0.39, 0.29) is 42.8 Å². The van der Waals surface area contributed by atoms with Gasteiger partial charge in [0.15, 0.2) is 9.96 Å². The molecular weight excluding hydrogens is 646 g/mol. The molecule has 0 unspecified atom stereocenters. The lowest BCUT2D eigenvalue weighted by molar-refractivity contribution is -0.387. The number of carbonyl (C=O) groups is 1. The van der Waals surface area contributed by atoms with Gasteiger partial charge in [0, 0.05) is 23.4 Å². The largest absolute Gasteiger partial charge is 0.463 e. The second kappa shape index (κ2) is 13.1. The molecule has 0 radical (unpaired) electrons. The number of aromatic nitrogens is 3. The molecule has 3 aromatic carbocycles. The molecule has 3 heterocycles. The van der Waals surface area contributed by atoms with Gasteiger partial charge < -0.3 is 9.72 Å². The number of esters is 1. The number of aryl methyl sites for hydroxylation is 1. The number of halogens is 1. The molecule has 5 aromatic rings. The third kappa shape index (κ3) is 6.46. The van der Waals surface area contributed by atoms with Crippen LogP contribution in [0.4, 0.5) is 10.1 Å². The van der Waals surface area contributed by atoms with Crippen LogP contribution >= 0.6 is 23.1 Å². The molecule has 0 saturated carbocycles. The van der Waals surface area contributed by atoms with Crippen molar-refractivity contribution in [2.24, 2.45) is 4.99 Å². The molecule has 236 valence electrons. The highest BCUT2D eigenvalue weighted by Crippen LogP contribution is 2.36. The number of nitro groups is 1. The number of ether oxygens (including phenoxy) is 1. The Kier molecular flexibility index (Phi) is 8.78. The van der Waals surface area contributed by atoms with Crippen molar-refractivity contribution < 1.29 is 18.8 Å². The zero-order valence-electron chi connectivity index (χ0n) is 24.8. The van der Waals surface area contributed by atoms with Crippen LogP contribution in [0, 0.1) is 22.9 Å². The van der Waals surface area contributed by atoms with Gasteiger partial charge in [-0.15, -0.1) is 0 Å². The van der Waals surface area contributed by atoms with Gasteiger partial charge in [-0.3, -0.25) is 24.3 Å². The topological polar surface area (TPSA) is 150 Å². The van der Waals surface area contributed by atoms with Gasteiger partial charge >= 0.3 is 5.97 Å². The summed E-state index contributed by atoms with van der Waals surface area (Å²) in [6.45, 7) is 3.39. The lowest BCUT2D eigenvalue weighted by atomic mass is 9.93. The van der Waals surface area contributed by atoms with Crippen LogP contribution in [0.2, 0.25) is 0 Å². The Labute approximate surface area is 273 Å². The van der Waals surface area contributed by atoms with Crippen LogP contribution in [0.5, 0.6) is 0 Å². The van der Waals surface area contributed by atoms with E-state index in [9.17, 15) is 28.9 Å². The van der Waals surface area contributed by atoms with Gasteiger partial charge in [0.05, 0.1) is 38.3 Å². The number of fused-ring (bicyclic) bond motifs is 1. The van der Waals surface area contributed by atoms with E-state index in [4.69, 9.17) is 9.73 Å². The number of hydrogen-bond donors (Lipinski definition) is 1. The number of rotatable bonds is 8. The van der Waals surface area contributed by atoms with Crippen LogP contribution in [-0.2, 0) is 9.53 Å².